The van der Waals surface area contributed by atoms with E-state index < -0.39 is 34.3 Å². The van der Waals surface area contributed by atoms with Crippen LogP contribution in [0.4, 0.5) is 10.1 Å². The van der Waals surface area contributed by atoms with Crippen LogP contribution in [0.3, 0.4) is 0 Å². The zero-order valence-corrected chi connectivity index (χ0v) is 25.6. The molecule has 0 saturated carbocycles. The Morgan fingerprint density at radius 3 is 2.12 bits per heavy atom. The smallest absolute Gasteiger partial charge is 0.264 e. The molecule has 2 atom stereocenters. The van der Waals surface area contributed by atoms with Gasteiger partial charge < -0.3 is 19.7 Å². The highest BCUT2D eigenvalue weighted by atomic mass is 32.2. The van der Waals surface area contributed by atoms with Gasteiger partial charge in [-0.05, 0) is 69.2 Å². The van der Waals surface area contributed by atoms with Crippen molar-refractivity contribution in [3.63, 3.8) is 0 Å². The molecule has 11 heteroatoms. The average Bonchev–Trinajstić information content (AvgIpc) is 2.98. The number of methoxy groups -OCH3 is 2. The van der Waals surface area contributed by atoms with Gasteiger partial charge in [-0.1, -0.05) is 36.8 Å². The van der Waals surface area contributed by atoms with Gasteiger partial charge in [0.25, 0.3) is 10.0 Å². The Balaban J connectivity index is 2.06. The minimum absolute atomic E-state index is 0.0354. The fraction of sp³-hybridized carbons (Fsp3) is 0.355. The van der Waals surface area contributed by atoms with Crippen LogP contribution in [0.2, 0.25) is 0 Å². The van der Waals surface area contributed by atoms with Crippen LogP contribution in [-0.4, -0.2) is 58.0 Å². The Morgan fingerprint density at radius 2 is 1.55 bits per heavy atom. The molecule has 0 radical (unpaired) electrons. The largest absolute Gasteiger partial charge is 0.493 e. The predicted octanol–water partition coefficient (Wildman–Crippen LogP) is 4.68. The highest BCUT2D eigenvalue weighted by Crippen LogP contribution is 2.32. The first kappa shape index (κ1) is 32.4. The second kappa shape index (κ2) is 14.2. The third kappa shape index (κ3) is 7.79. The summed E-state index contributed by atoms with van der Waals surface area (Å²) in [5.41, 5.74) is 1.75. The number of nitrogens with one attached hydrogen (secondary N) is 1. The van der Waals surface area contributed by atoms with E-state index in [0.29, 0.717) is 17.7 Å². The van der Waals surface area contributed by atoms with Crippen molar-refractivity contribution in [1.82, 2.24) is 10.2 Å². The lowest BCUT2D eigenvalue weighted by Gasteiger charge is -2.32. The van der Waals surface area contributed by atoms with Crippen molar-refractivity contribution in [2.24, 2.45) is 0 Å². The van der Waals surface area contributed by atoms with Gasteiger partial charge in [0.05, 0.1) is 24.8 Å². The molecule has 0 unspecified atom stereocenters. The van der Waals surface area contributed by atoms with E-state index in [2.05, 4.69) is 5.32 Å². The van der Waals surface area contributed by atoms with Crippen LogP contribution >= 0.6 is 0 Å². The van der Waals surface area contributed by atoms with Crippen LogP contribution in [0, 0.1) is 12.7 Å². The minimum atomic E-state index is -4.30. The number of carbonyl (C=O) groups is 2. The molecule has 0 spiro atoms. The summed E-state index contributed by atoms with van der Waals surface area (Å²) in [7, 11) is -1.46. The summed E-state index contributed by atoms with van der Waals surface area (Å²) in [5, 5.41) is 2.88. The summed E-state index contributed by atoms with van der Waals surface area (Å²) in [6, 6.07) is 15.4. The van der Waals surface area contributed by atoms with E-state index >= 15 is 0 Å². The number of anilines is 1. The molecule has 3 aromatic rings. The molecule has 0 fully saturated rings. The fourth-order valence-corrected chi connectivity index (χ4v) is 5.61. The van der Waals surface area contributed by atoms with Crippen molar-refractivity contribution >= 4 is 27.5 Å². The van der Waals surface area contributed by atoms with Gasteiger partial charge in [0.1, 0.15) is 18.4 Å². The second-order valence-electron chi connectivity index (χ2n) is 10.0. The number of carbonyl (C=O) groups excluding carboxylic acids is 2. The van der Waals surface area contributed by atoms with Gasteiger partial charge in [0, 0.05) is 18.7 Å². The normalized spacial score (nSPS) is 12.6. The van der Waals surface area contributed by atoms with Crippen LogP contribution in [0.5, 0.6) is 11.5 Å². The molecule has 0 aliphatic rings. The summed E-state index contributed by atoms with van der Waals surface area (Å²) < 4.78 is 53.3. The molecule has 0 aromatic heterocycles. The molecule has 0 aliphatic heterocycles. The number of amides is 2. The van der Waals surface area contributed by atoms with Gasteiger partial charge in [0.2, 0.25) is 11.8 Å². The average molecular weight is 600 g/mol. The highest BCUT2D eigenvalue weighted by Gasteiger charge is 2.33. The zero-order chi connectivity index (χ0) is 31.0. The second-order valence-corrected chi connectivity index (χ2v) is 11.9. The molecule has 0 saturated heterocycles. The van der Waals surface area contributed by atoms with Gasteiger partial charge in [-0.15, -0.1) is 0 Å². The van der Waals surface area contributed by atoms with Crippen LogP contribution in [0.25, 0.3) is 0 Å². The third-order valence-electron chi connectivity index (χ3n) is 6.98. The molecule has 0 heterocycles. The maximum Gasteiger partial charge on any atom is 0.264 e. The lowest BCUT2D eigenvalue weighted by atomic mass is 10.1. The van der Waals surface area contributed by atoms with E-state index in [4.69, 9.17) is 9.47 Å². The quantitative estimate of drug-likeness (QED) is 0.306. The van der Waals surface area contributed by atoms with E-state index in [-0.39, 0.29) is 34.8 Å². The number of sulfonamides is 1. The number of halogens is 1. The Kier molecular flexibility index (Phi) is 10.9. The molecule has 9 nitrogen and oxygen atoms in total. The van der Waals surface area contributed by atoms with Gasteiger partial charge in [-0.25, -0.2) is 12.8 Å². The zero-order valence-electron chi connectivity index (χ0n) is 24.8. The van der Waals surface area contributed by atoms with Crippen molar-refractivity contribution in [3.05, 3.63) is 83.7 Å². The number of rotatable bonds is 13. The van der Waals surface area contributed by atoms with Gasteiger partial charge >= 0.3 is 0 Å². The minimum Gasteiger partial charge on any atom is -0.493 e. The monoisotopic (exact) mass is 599 g/mol. The number of hydrogen-bond donors (Lipinski definition) is 1. The van der Waals surface area contributed by atoms with Crippen molar-refractivity contribution in [3.8, 4) is 11.5 Å². The maximum atomic E-state index is 14.1. The summed E-state index contributed by atoms with van der Waals surface area (Å²) in [4.78, 5) is 28.3. The van der Waals surface area contributed by atoms with E-state index in [1.807, 2.05) is 20.8 Å². The summed E-state index contributed by atoms with van der Waals surface area (Å²) >= 11 is 0. The third-order valence-corrected chi connectivity index (χ3v) is 8.75. The van der Waals surface area contributed by atoms with E-state index in [1.54, 1.807) is 31.2 Å². The molecular formula is C31H38FN3O6S. The first-order valence-corrected chi connectivity index (χ1v) is 15.0. The molecule has 0 aliphatic carbocycles. The fourth-order valence-electron chi connectivity index (χ4n) is 4.18. The molecular weight excluding hydrogens is 561 g/mol. The van der Waals surface area contributed by atoms with Gasteiger partial charge in [-0.3, -0.25) is 13.9 Å². The number of aryl methyl sites for hydroxylation is 1. The number of nitrogens with zero attached hydrogens (tertiary/aromatic N) is 2. The number of benzene rings is 3. The lowest BCUT2D eigenvalue weighted by molar-refractivity contribution is -0.139. The van der Waals surface area contributed by atoms with E-state index in [0.717, 1.165) is 9.87 Å². The van der Waals surface area contributed by atoms with Gasteiger partial charge in [0.15, 0.2) is 11.5 Å². The Bertz CT molecular complexity index is 1480. The topological polar surface area (TPSA) is 105 Å². The molecule has 42 heavy (non-hydrogen) atoms. The molecule has 3 aromatic carbocycles. The summed E-state index contributed by atoms with van der Waals surface area (Å²) in [5.74, 6) is -0.881. The van der Waals surface area contributed by atoms with E-state index in [1.165, 1.54) is 61.6 Å². The van der Waals surface area contributed by atoms with Crippen molar-refractivity contribution in [2.75, 3.05) is 25.1 Å². The summed E-state index contributed by atoms with van der Waals surface area (Å²) in [6.45, 7) is 6.59. The predicted molar refractivity (Wildman–Crippen MR) is 160 cm³/mol. The van der Waals surface area contributed by atoms with Crippen LogP contribution < -0.4 is 19.1 Å². The molecule has 1 N–H and O–H groups in total. The standard InChI is InChI=1S/C31H38FN3O6S/c1-7-22(3)33-31(37)23(4)34(19-24-10-12-25(32)13-11-24)30(36)20-35(26-14-8-21(2)9-15-26)42(38,39)27-16-17-28(40-5)29(18-27)41-6/h8-18,22-23H,7,19-20H2,1-6H3,(H,33,37)/t22-,23-/m0/s1. The number of hydrogen-bond acceptors (Lipinski definition) is 6. The van der Waals surface area contributed by atoms with E-state index in [9.17, 15) is 22.4 Å². The lowest BCUT2D eigenvalue weighted by Crippen LogP contribution is -2.52. The maximum absolute atomic E-state index is 14.1. The highest BCUT2D eigenvalue weighted by molar-refractivity contribution is 7.92. The molecule has 2 amide bonds. The SMILES string of the molecule is CC[C@H](C)NC(=O)[C@H](C)N(Cc1ccc(F)cc1)C(=O)CN(c1ccc(C)cc1)S(=O)(=O)c1ccc(OC)c(OC)c1. The Morgan fingerprint density at radius 1 is 0.929 bits per heavy atom. The van der Waals surface area contributed by atoms with Crippen LogP contribution in [-0.2, 0) is 26.2 Å². The van der Waals surface area contributed by atoms with Crippen molar-refractivity contribution < 1.29 is 31.9 Å². The van der Waals surface area contributed by atoms with Crippen LogP contribution in [0.15, 0.2) is 71.6 Å². The Hall–Kier alpha value is -4.12. The van der Waals surface area contributed by atoms with Crippen molar-refractivity contribution in [2.45, 2.75) is 57.6 Å². The van der Waals surface area contributed by atoms with Crippen LogP contribution in [0.1, 0.15) is 38.3 Å². The first-order chi connectivity index (χ1) is 19.9. The Labute approximate surface area is 247 Å². The van der Waals surface area contributed by atoms with Gasteiger partial charge in [-0.2, -0.15) is 0 Å². The van der Waals surface area contributed by atoms with Crippen molar-refractivity contribution in [1.29, 1.82) is 0 Å². The molecule has 3 rings (SSSR count). The summed E-state index contributed by atoms with van der Waals surface area (Å²) in [6.07, 6.45) is 0.690. The first-order valence-electron chi connectivity index (χ1n) is 13.6. The molecule has 226 valence electrons. The molecule has 0 bridgehead atoms. The number of ether oxygens (including phenoxy) is 2.